The van der Waals surface area contributed by atoms with Crippen molar-refractivity contribution in [1.29, 1.82) is 0 Å². The number of aliphatic hydroxyl groups is 1. The van der Waals surface area contributed by atoms with Gasteiger partial charge in [0.25, 0.3) is 5.91 Å². The van der Waals surface area contributed by atoms with Gasteiger partial charge in [-0.2, -0.15) is 0 Å². The van der Waals surface area contributed by atoms with Gasteiger partial charge in [0.15, 0.2) is 29.1 Å². The zero-order chi connectivity index (χ0) is 19.7. The van der Waals surface area contributed by atoms with Crippen molar-refractivity contribution in [2.24, 2.45) is 0 Å². The summed E-state index contributed by atoms with van der Waals surface area (Å²) in [5.41, 5.74) is 1.04. The number of anilines is 1. The molecule has 3 rings (SSSR count). The van der Waals surface area contributed by atoms with E-state index >= 15 is 0 Å². The molecule has 1 aliphatic rings. The van der Waals surface area contributed by atoms with E-state index in [1.54, 1.807) is 24.3 Å². The van der Waals surface area contributed by atoms with Crippen molar-refractivity contribution in [3.8, 4) is 28.7 Å². The van der Waals surface area contributed by atoms with Crippen LogP contribution >= 0.6 is 0 Å². The van der Waals surface area contributed by atoms with E-state index in [1.165, 1.54) is 39.4 Å². The third-order valence-corrected chi connectivity index (χ3v) is 4.54. The van der Waals surface area contributed by atoms with Gasteiger partial charge in [-0.05, 0) is 29.8 Å². The Kier molecular flexibility index (Phi) is 5.00. The Morgan fingerprint density at radius 1 is 0.889 bits per heavy atom. The molecule has 1 aliphatic heterocycles. The van der Waals surface area contributed by atoms with Crippen molar-refractivity contribution < 1.29 is 34.0 Å². The van der Waals surface area contributed by atoms with Gasteiger partial charge in [0.05, 0.1) is 34.5 Å². The third-order valence-electron chi connectivity index (χ3n) is 4.54. The summed E-state index contributed by atoms with van der Waals surface area (Å²) in [5.74, 6) is 0.951. The number of methoxy groups -OCH3 is 4. The molecule has 2 atom stereocenters. The third kappa shape index (κ3) is 2.97. The van der Waals surface area contributed by atoms with E-state index in [4.69, 9.17) is 18.9 Å². The first kappa shape index (κ1) is 18.7. The van der Waals surface area contributed by atoms with Gasteiger partial charge in [0, 0.05) is 11.8 Å². The van der Waals surface area contributed by atoms with E-state index in [9.17, 15) is 15.0 Å². The first-order valence-corrected chi connectivity index (χ1v) is 8.14. The molecule has 0 bridgehead atoms. The smallest absolute Gasteiger partial charge is 0.259 e. The SMILES string of the molecule is COc1ccc(N2C(=O)[C@H](O)[C@H]2c2cc(OC)c(OC)c(OC)c2)cc1O. The minimum Gasteiger partial charge on any atom is -0.504 e. The number of carbonyl (C=O) groups excluding carboxylic acids is 1. The average Bonchev–Trinajstić information content (AvgIpc) is 2.69. The van der Waals surface area contributed by atoms with Crippen molar-refractivity contribution in [3.63, 3.8) is 0 Å². The topological polar surface area (TPSA) is 97.7 Å². The number of rotatable bonds is 6. The second-order valence-corrected chi connectivity index (χ2v) is 5.91. The summed E-state index contributed by atoms with van der Waals surface area (Å²) in [7, 11) is 5.91. The molecule has 1 fully saturated rings. The molecule has 0 radical (unpaired) electrons. The number of nitrogens with zero attached hydrogens (tertiary/aromatic N) is 1. The number of hydrogen-bond donors (Lipinski definition) is 2. The number of phenols is 1. The zero-order valence-corrected chi connectivity index (χ0v) is 15.4. The highest BCUT2D eigenvalue weighted by Crippen LogP contribution is 2.46. The molecule has 8 nitrogen and oxygen atoms in total. The lowest BCUT2D eigenvalue weighted by atomic mass is 9.89. The number of aromatic hydroxyl groups is 1. The Morgan fingerprint density at radius 2 is 1.48 bits per heavy atom. The predicted octanol–water partition coefficient (Wildman–Crippen LogP) is 1.88. The number of hydrogen-bond acceptors (Lipinski definition) is 7. The molecule has 0 unspecified atom stereocenters. The molecular weight excluding hydrogens is 354 g/mol. The van der Waals surface area contributed by atoms with Crippen LogP contribution in [0.3, 0.4) is 0 Å². The fourth-order valence-corrected chi connectivity index (χ4v) is 3.19. The molecule has 0 aromatic heterocycles. The van der Waals surface area contributed by atoms with Gasteiger partial charge in [-0.15, -0.1) is 0 Å². The fraction of sp³-hybridized carbons (Fsp3) is 0.316. The largest absolute Gasteiger partial charge is 0.504 e. The predicted molar refractivity (Wildman–Crippen MR) is 97.0 cm³/mol. The molecule has 8 heteroatoms. The summed E-state index contributed by atoms with van der Waals surface area (Å²) in [6, 6.07) is 7.28. The van der Waals surface area contributed by atoms with Crippen molar-refractivity contribution in [2.45, 2.75) is 12.1 Å². The van der Waals surface area contributed by atoms with E-state index in [2.05, 4.69) is 0 Å². The molecule has 1 saturated heterocycles. The number of benzene rings is 2. The molecule has 0 spiro atoms. The van der Waals surface area contributed by atoms with Crippen LogP contribution in [0.25, 0.3) is 0 Å². The van der Waals surface area contributed by atoms with Crippen molar-refractivity contribution >= 4 is 11.6 Å². The van der Waals surface area contributed by atoms with Crippen LogP contribution in [-0.2, 0) is 4.79 Å². The lowest BCUT2D eigenvalue weighted by molar-refractivity contribution is -0.137. The number of ether oxygens (including phenoxy) is 4. The minimum absolute atomic E-state index is 0.104. The highest BCUT2D eigenvalue weighted by molar-refractivity contribution is 6.05. The molecule has 144 valence electrons. The lowest BCUT2D eigenvalue weighted by Gasteiger charge is -2.44. The van der Waals surface area contributed by atoms with Gasteiger partial charge in [-0.1, -0.05) is 0 Å². The van der Waals surface area contributed by atoms with Gasteiger partial charge in [0.2, 0.25) is 5.75 Å². The molecule has 0 aliphatic carbocycles. The molecule has 2 aromatic rings. The van der Waals surface area contributed by atoms with Gasteiger partial charge in [-0.25, -0.2) is 0 Å². The zero-order valence-electron chi connectivity index (χ0n) is 15.4. The normalized spacial score (nSPS) is 18.7. The summed E-state index contributed by atoms with van der Waals surface area (Å²) in [6.07, 6.45) is -1.22. The maximum absolute atomic E-state index is 12.3. The lowest BCUT2D eigenvalue weighted by Crippen LogP contribution is -2.59. The van der Waals surface area contributed by atoms with E-state index in [1.807, 2.05) is 0 Å². The van der Waals surface area contributed by atoms with Crippen LogP contribution < -0.4 is 23.8 Å². The summed E-state index contributed by atoms with van der Waals surface area (Å²) in [5, 5.41) is 20.3. The van der Waals surface area contributed by atoms with Gasteiger partial charge >= 0.3 is 0 Å². The van der Waals surface area contributed by atoms with Crippen LogP contribution in [0, 0.1) is 0 Å². The van der Waals surface area contributed by atoms with E-state index in [0.29, 0.717) is 28.5 Å². The Bertz CT molecular complexity index is 842. The minimum atomic E-state index is -1.22. The first-order chi connectivity index (χ1) is 13.0. The van der Waals surface area contributed by atoms with Crippen LogP contribution in [0.5, 0.6) is 28.7 Å². The number of carbonyl (C=O) groups is 1. The highest BCUT2D eigenvalue weighted by Gasteiger charge is 2.48. The van der Waals surface area contributed by atoms with E-state index < -0.39 is 18.1 Å². The summed E-state index contributed by atoms with van der Waals surface area (Å²) < 4.78 is 21.0. The summed E-state index contributed by atoms with van der Waals surface area (Å²) >= 11 is 0. The fourth-order valence-electron chi connectivity index (χ4n) is 3.19. The van der Waals surface area contributed by atoms with E-state index in [-0.39, 0.29) is 11.5 Å². The number of β-lactam (4-membered cyclic amide) rings is 1. The number of aliphatic hydroxyl groups excluding tert-OH is 1. The Morgan fingerprint density at radius 3 is 1.96 bits per heavy atom. The summed E-state index contributed by atoms with van der Waals surface area (Å²) in [4.78, 5) is 13.7. The molecule has 27 heavy (non-hydrogen) atoms. The number of phenolic OH excluding ortho intramolecular Hbond substituents is 1. The van der Waals surface area contributed by atoms with Gasteiger partial charge in [-0.3, -0.25) is 9.69 Å². The van der Waals surface area contributed by atoms with Crippen LogP contribution in [-0.4, -0.2) is 50.7 Å². The second kappa shape index (κ2) is 7.24. The standard InChI is InChI=1S/C19H21NO7/c1-24-13-6-5-11(9-12(13)21)20-16(17(22)19(20)23)10-7-14(25-2)18(27-4)15(8-10)26-3/h5-9,16-17,21-22H,1-4H3/t16-,17-/m1/s1. The molecule has 1 heterocycles. The quantitative estimate of drug-likeness (QED) is 0.744. The molecule has 0 saturated carbocycles. The van der Waals surface area contributed by atoms with Crippen LogP contribution in [0.1, 0.15) is 11.6 Å². The molecular formula is C19H21NO7. The molecule has 2 N–H and O–H groups in total. The van der Waals surface area contributed by atoms with Crippen LogP contribution in [0.15, 0.2) is 30.3 Å². The van der Waals surface area contributed by atoms with Gasteiger partial charge in [0.1, 0.15) is 0 Å². The van der Waals surface area contributed by atoms with E-state index in [0.717, 1.165) is 0 Å². The average molecular weight is 375 g/mol. The Hall–Kier alpha value is -3.13. The van der Waals surface area contributed by atoms with Crippen molar-refractivity contribution in [1.82, 2.24) is 0 Å². The first-order valence-electron chi connectivity index (χ1n) is 8.14. The van der Waals surface area contributed by atoms with Crippen molar-refractivity contribution in [3.05, 3.63) is 35.9 Å². The maximum atomic E-state index is 12.3. The summed E-state index contributed by atoms with van der Waals surface area (Å²) in [6.45, 7) is 0. The highest BCUT2D eigenvalue weighted by atomic mass is 16.5. The Balaban J connectivity index is 2.05. The van der Waals surface area contributed by atoms with Crippen molar-refractivity contribution in [2.75, 3.05) is 33.3 Å². The monoisotopic (exact) mass is 375 g/mol. The second-order valence-electron chi connectivity index (χ2n) is 5.91. The van der Waals surface area contributed by atoms with Crippen LogP contribution in [0.4, 0.5) is 5.69 Å². The molecule has 1 amide bonds. The number of amides is 1. The Labute approximate surface area is 156 Å². The van der Waals surface area contributed by atoms with Crippen LogP contribution in [0.2, 0.25) is 0 Å². The molecule has 2 aromatic carbocycles. The maximum Gasteiger partial charge on any atom is 0.259 e. The van der Waals surface area contributed by atoms with Gasteiger partial charge < -0.3 is 29.2 Å².